The van der Waals surface area contributed by atoms with Crippen molar-refractivity contribution in [3.05, 3.63) is 35.9 Å². The van der Waals surface area contributed by atoms with Gasteiger partial charge in [0.15, 0.2) is 0 Å². The Kier molecular flexibility index (Phi) is 5.68. The maximum absolute atomic E-state index is 10.5. The Hall–Kier alpha value is -1.25. The van der Waals surface area contributed by atoms with Crippen LogP contribution in [0.25, 0.3) is 6.08 Å². The van der Waals surface area contributed by atoms with Crippen molar-refractivity contribution in [2.24, 2.45) is 0 Å². The minimum absolute atomic E-state index is 0. The molecule has 0 radical (unpaired) electrons. The normalized spacial score (nSPS) is 10.0. The molecule has 0 saturated carbocycles. The van der Waals surface area contributed by atoms with Gasteiger partial charge >= 0.3 is 81.6 Å². The summed E-state index contributed by atoms with van der Waals surface area (Å²) < 4.78 is 11.3. The Morgan fingerprint density at radius 3 is 2.29 bits per heavy atom. The number of carboxylic acid groups (broad SMARTS) is 1. The summed E-state index contributed by atoms with van der Waals surface area (Å²) in [5.41, 5.74) is 0.792. The minimum atomic E-state index is -0.988. The third-order valence-corrected chi connectivity index (χ3v) is 2.48. The molecule has 0 atom stereocenters. The first-order valence-corrected chi connectivity index (χ1v) is 5.27. The van der Waals surface area contributed by atoms with Crippen molar-refractivity contribution in [1.82, 2.24) is 0 Å². The average Bonchev–Trinajstić information content (AvgIpc) is 2.15. The third kappa shape index (κ3) is 4.12. The summed E-state index contributed by atoms with van der Waals surface area (Å²) in [5.74, 6) is -0.973. The number of carbonyl (C=O) groups is 1. The van der Waals surface area contributed by atoms with Gasteiger partial charge in [0.2, 0.25) is 0 Å². The van der Waals surface area contributed by atoms with E-state index in [2.05, 4.69) is 0 Å². The van der Waals surface area contributed by atoms with E-state index >= 15 is 0 Å². The second-order valence-corrected chi connectivity index (χ2v) is 3.82. The standard InChI is InChI=1S/C9H7AsO3.H2O/c11-9(12)6-3-7-1-4-8(10-13)5-2-7;/h1-6H,(H,11,12);1H2/b6-3+;. The second-order valence-electron chi connectivity index (χ2n) is 2.35. The quantitative estimate of drug-likeness (QED) is 0.591. The van der Waals surface area contributed by atoms with E-state index in [1.807, 2.05) is 0 Å². The van der Waals surface area contributed by atoms with Gasteiger partial charge in [-0.05, 0) is 0 Å². The topological polar surface area (TPSA) is 85.9 Å². The number of benzene rings is 1. The Morgan fingerprint density at radius 2 is 1.86 bits per heavy atom. The van der Waals surface area contributed by atoms with Crippen molar-refractivity contribution in [2.45, 2.75) is 0 Å². The van der Waals surface area contributed by atoms with Crippen LogP contribution in [0.4, 0.5) is 0 Å². The van der Waals surface area contributed by atoms with E-state index < -0.39 is 21.7 Å². The number of rotatable bonds is 3. The Balaban J connectivity index is 0.00000169. The van der Waals surface area contributed by atoms with Crippen LogP contribution in [0.5, 0.6) is 0 Å². The summed E-state index contributed by atoms with van der Waals surface area (Å²) in [6.07, 6.45) is 2.56. The zero-order valence-electron chi connectivity index (χ0n) is 7.18. The molecule has 0 heterocycles. The summed E-state index contributed by atoms with van der Waals surface area (Å²) in [6, 6.07) is 6.94. The predicted octanol–water partition coefficient (Wildman–Crippen LogP) is -0.365. The van der Waals surface area contributed by atoms with Crippen LogP contribution in [-0.4, -0.2) is 32.2 Å². The second kappa shape index (κ2) is 6.24. The molecule has 0 fully saturated rings. The molecule has 0 spiro atoms. The zero-order chi connectivity index (χ0) is 9.68. The zero-order valence-corrected chi connectivity index (χ0v) is 9.05. The number of hydrogen-bond donors (Lipinski definition) is 1. The fourth-order valence-electron chi connectivity index (χ4n) is 0.814. The first-order chi connectivity index (χ1) is 6.22. The van der Waals surface area contributed by atoms with E-state index in [-0.39, 0.29) is 5.48 Å². The monoisotopic (exact) mass is 256 g/mol. The third-order valence-electron chi connectivity index (χ3n) is 1.42. The van der Waals surface area contributed by atoms with Gasteiger partial charge in [-0.1, -0.05) is 0 Å². The van der Waals surface area contributed by atoms with E-state index in [0.29, 0.717) is 0 Å². The van der Waals surface area contributed by atoms with Crippen molar-refractivity contribution in [3.8, 4) is 0 Å². The van der Waals surface area contributed by atoms with Gasteiger partial charge in [-0.2, -0.15) is 0 Å². The van der Waals surface area contributed by atoms with Crippen LogP contribution in [0.1, 0.15) is 5.56 Å². The molecule has 14 heavy (non-hydrogen) atoms. The van der Waals surface area contributed by atoms with Crippen LogP contribution in [0.2, 0.25) is 0 Å². The summed E-state index contributed by atoms with van der Waals surface area (Å²) in [7, 11) is 0. The number of aliphatic carboxylic acids is 1. The molecule has 0 aromatic heterocycles. The molecule has 0 unspecified atom stereocenters. The van der Waals surface area contributed by atoms with Gasteiger partial charge in [0.05, 0.1) is 0 Å². The molecule has 0 amide bonds. The molecule has 3 N–H and O–H groups in total. The van der Waals surface area contributed by atoms with Crippen molar-refractivity contribution < 1.29 is 19.1 Å². The van der Waals surface area contributed by atoms with E-state index in [1.54, 1.807) is 24.3 Å². The first kappa shape index (κ1) is 12.7. The van der Waals surface area contributed by atoms with Gasteiger partial charge in [0, 0.05) is 0 Å². The molecule has 0 bridgehead atoms. The number of hydrogen-bond acceptors (Lipinski definition) is 2. The summed E-state index contributed by atoms with van der Waals surface area (Å²) in [4.78, 5) is 10.2. The first-order valence-electron chi connectivity index (χ1n) is 3.57. The van der Waals surface area contributed by atoms with Crippen LogP contribution in [0.3, 0.4) is 0 Å². The summed E-state index contributed by atoms with van der Waals surface area (Å²) >= 11 is -0.988. The van der Waals surface area contributed by atoms with E-state index in [4.69, 9.17) is 5.11 Å². The van der Waals surface area contributed by atoms with Gasteiger partial charge in [-0.25, -0.2) is 0 Å². The molecule has 0 saturated heterocycles. The molecule has 4 nitrogen and oxygen atoms in total. The fraction of sp³-hybridized carbons (Fsp3) is 0. The fourth-order valence-corrected chi connectivity index (χ4v) is 1.38. The van der Waals surface area contributed by atoms with E-state index in [1.165, 1.54) is 6.08 Å². The molecule has 0 aliphatic carbocycles. The SMILES string of the molecule is O.O=[As]c1ccc(/C=C/C(=O)O)cc1. The van der Waals surface area contributed by atoms with Gasteiger partial charge in [-0.3, -0.25) is 0 Å². The molecule has 1 aromatic rings. The van der Waals surface area contributed by atoms with Crippen LogP contribution < -0.4 is 4.35 Å². The van der Waals surface area contributed by atoms with Crippen LogP contribution in [-0.2, 0) is 8.53 Å². The molecule has 0 aliphatic rings. The van der Waals surface area contributed by atoms with Gasteiger partial charge in [-0.15, -0.1) is 0 Å². The van der Waals surface area contributed by atoms with Gasteiger partial charge in [0.25, 0.3) is 0 Å². The van der Waals surface area contributed by atoms with E-state index in [9.17, 15) is 8.53 Å². The van der Waals surface area contributed by atoms with Gasteiger partial charge in [0.1, 0.15) is 0 Å². The maximum atomic E-state index is 10.5. The van der Waals surface area contributed by atoms with Crippen molar-refractivity contribution in [1.29, 1.82) is 0 Å². The van der Waals surface area contributed by atoms with E-state index in [0.717, 1.165) is 16.0 Å². The van der Waals surface area contributed by atoms with Crippen LogP contribution in [0, 0.1) is 0 Å². The molecule has 1 rings (SSSR count). The Morgan fingerprint density at radius 1 is 1.29 bits per heavy atom. The molecule has 74 valence electrons. The van der Waals surface area contributed by atoms with Crippen LogP contribution in [0.15, 0.2) is 30.3 Å². The van der Waals surface area contributed by atoms with Crippen LogP contribution >= 0.6 is 0 Å². The van der Waals surface area contributed by atoms with Crippen molar-refractivity contribution in [2.75, 3.05) is 0 Å². The Bertz CT molecular complexity index is 342. The molecular formula is C9H9AsO4. The Labute approximate surface area is 87.5 Å². The summed E-state index contributed by atoms with van der Waals surface area (Å²) in [5, 5.41) is 8.34. The molecular weight excluding hydrogens is 247 g/mol. The van der Waals surface area contributed by atoms with Crippen molar-refractivity contribution >= 4 is 32.1 Å². The summed E-state index contributed by atoms with van der Waals surface area (Å²) in [6.45, 7) is 0. The number of carboxylic acids is 1. The molecule has 1 aromatic carbocycles. The van der Waals surface area contributed by atoms with Crippen molar-refractivity contribution in [3.63, 3.8) is 0 Å². The molecule has 0 aliphatic heterocycles. The van der Waals surface area contributed by atoms with Gasteiger partial charge < -0.3 is 5.48 Å². The average molecular weight is 256 g/mol. The molecule has 5 heteroatoms. The predicted molar refractivity (Wildman–Crippen MR) is 52.8 cm³/mol.